The van der Waals surface area contributed by atoms with Crippen LogP contribution in [0.5, 0.6) is 0 Å². The standard InChI is InChI=1S/C11H8Cl2F4N2S/c1-5-3-7-4-18-19(20-11(12,13)17)9(7)6(2)8(5)10(14,15)16/h3-4H,1-2H3. The summed E-state index contributed by atoms with van der Waals surface area (Å²) in [5.41, 5.74) is -0.595. The topological polar surface area (TPSA) is 17.8 Å². The Morgan fingerprint density at radius 3 is 2.30 bits per heavy atom. The van der Waals surface area contributed by atoms with Crippen molar-refractivity contribution in [2.45, 2.75) is 23.9 Å². The van der Waals surface area contributed by atoms with Gasteiger partial charge in [0.15, 0.2) is 0 Å². The molecule has 0 atom stereocenters. The van der Waals surface area contributed by atoms with Gasteiger partial charge < -0.3 is 0 Å². The molecule has 2 nitrogen and oxygen atoms in total. The summed E-state index contributed by atoms with van der Waals surface area (Å²) in [6, 6.07) is 1.34. The first-order valence-electron chi connectivity index (χ1n) is 5.32. The first kappa shape index (κ1) is 15.7. The van der Waals surface area contributed by atoms with Crippen molar-refractivity contribution in [1.82, 2.24) is 9.19 Å². The molecule has 0 radical (unpaired) electrons. The van der Waals surface area contributed by atoms with Crippen LogP contribution in [0, 0.1) is 13.8 Å². The van der Waals surface area contributed by atoms with Crippen molar-refractivity contribution in [2.75, 3.05) is 0 Å². The number of halogens is 6. The van der Waals surface area contributed by atoms with Gasteiger partial charge >= 0.3 is 10.1 Å². The molecule has 20 heavy (non-hydrogen) atoms. The number of aromatic nitrogens is 2. The molecule has 1 heterocycles. The van der Waals surface area contributed by atoms with E-state index in [1.807, 2.05) is 0 Å². The number of hydrogen-bond donors (Lipinski definition) is 0. The van der Waals surface area contributed by atoms with E-state index in [4.69, 9.17) is 23.2 Å². The summed E-state index contributed by atoms with van der Waals surface area (Å²) in [6.07, 6.45) is -3.17. The SMILES string of the molecule is Cc1cc2cnn(SC(F)(Cl)Cl)c2c(C)c1C(F)(F)F. The highest BCUT2D eigenvalue weighted by Crippen LogP contribution is 2.42. The van der Waals surface area contributed by atoms with Gasteiger partial charge in [-0.1, -0.05) is 23.2 Å². The number of alkyl halides is 6. The molecule has 0 unspecified atom stereocenters. The van der Waals surface area contributed by atoms with Gasteiger partial charge in [0, 0.05) is 5.39 Å². The van der Waals surface area contributed by atoms with Gasteiger partial charge in [0.05, 0.1) is 29.2 Å². The molecule has 1 aromatic heterocycles. The second-order valence-electron chi connectivity index (χ2n) is 4.18. The molecule has 0 saturated carbocycles. The molecule has 2 aromatic rings. The molecule has 0 aliphatic heterocycles. The molecule has 0 aliphatic rings. The Kier molecular flexibility index (Phi) is 3.90. The Bertz CT molecular complexity index is 661. The van der Waals surface area contributed by atoms with Crippen molar-refractivity contribution in [3.8, 4) is 0 Å². The lowest BCUT2D eigenvalue weighted by Gasteiger charge is -2.16. The number of rotatable bonds is 2. The molecule has 110 valence electrons. The number of aryl methyl sites for hydroxylation is 2. The van der Waals surface area contributed by atoms with Crippen molar-refractivity contribution in [1.29, 1.82) is 0 Å². The zero-order valence-corrected chi connectivity index (χ0v) is 12.6. The van der Waals surface area contributed by atoms with Crippen molar-refractivity contribution in [3.05, 3.63) is 29.0 Å². The molecule has 0 spiro atoms. The third-order valence-electron chi connectivity index (χ3n) is 2.74. The minimum Gasteiger partial charge on any atom is -0.200 e. The summed E-state index contributed by atoms with van der Waals surface area (Å²) in [6.45, 7) is 2.67. The van der Waals surface area contributed by atoms with Crippen LogP contribution >= 0.6 is 35.1 Å². The maximum atomic E-state index is 13.2. The van der Waals surface area contributed by atoms with Crippen LogP contribution in [0.25, 0.3) is 10.9 Å². The van der Waals surface area contributed by atoms with Crippen LogP contribution in [0.1, 0.15) is 16.7 Å². The highest BCUT2D eigenvalue weighted by molar-refractivity contribution is 8.01. The molecule has 0 saturated heterocycles. The van der Waals surface area contributed by atoms with Crippen LogP contribution in [-0.4, -0.2) is 13.1 Å². The van der Waals surface area contributed by atoms with Gasteiger partial charge in [-0.25, -0.2) is 4.09 Å². The Morgan fingerprint density at radius 1 is 1.20 bits per heavy atom. The zero-order valence-electron chi connectivity index (χ0n) is 10.2. The number of benzene rings is 1. The fraction of sp³-hybridized carbons (Fsp3) is 0.364. The van der Waals surface area contributed by atoms with E-state index in [0.29, 0.717) is 5.39 Å². The fourth-order valence-corrected chi connectivity index (χ4v) is 3.15. The number of nitrogens with zero attached hydrogens (tertiary/aromatic N) is 2. The van der Waals surface area contributed by atoms with Gasteiger partial charge in [0.25, 0.3) is 0 Å². The van der Waals surface area contributed by atoms with Gasteiger partial charge in [-0.05, 0) is 31.0 Å². The van der Waals surface area contributed by atoms with Crippen molar-refractivity contribution in [2.24, 2.45) is 0 Å². The molecule has 9 heteroatoms. The Hall–Kier alpha value is -0.660. The molecule has 0 aliphatic carbocycles. The van der Waals surface area contributed by atoms with E-state index in [-0.39, 0.29) is 28.6 Å². The van der Waals surface area contributed by atoms with E-state index in [2.05, 4.69) is 5.10 Å². The lowest BCUT2D eigenvalue weighted by Crippen LogP contribution is -2.11. The van der Waals surface area contributed by atoms with Gasteiger partial charge in [-0.15, -0.1) is 0 Å². The monoisotopic (exact) mass is 346 g/mol. The maximum Gasteiger partial charge on any atom is 0.416 e. The van der Waals surface area contributed by atoms with E-state index < -0.39 is 15.7 Å². The predicted molar refractivity (Wildman–Crippen MR) is 72.7 cm³/mol. The van der Waals surface area contributed by atoms with Crippen LogP contribution in [0.2, 0.25) is 0 Å². The summed E-state index contributed by atoms with van der Waals surface area (Å²) in [5.74, 6) is 0. The van der Waals surface area contributed by atoms with Gasteiger partial charge in [-0.2, -0.15) is 22.7 Å². The lowest BCUT2D eigenvalue weighted by atomic mass is 9.99. The largest absolute Gasteiger partial charge is 0.416 e. The summed E-state index contributed by atoms with van der Waals surface area (Å²) in [7, 11) is 0. The average Bonchev–Trinajstić information content (AvgIpc) is 2.56. The molecule has 1 aromatic carbocycles. The average molecular weight is 347 g/mol. The smallest absolute Gasteiger partial charge is 0.200 e. The van der Waals surface area contributed by atoms with E-state index in [1.165, 1.54) is 26.1 Å². The van der Waals surface area contributed by atoms with Crippen molar-refractivity contribution >= 4 is 46.1 Å². The summed E-state index contributed by atoms with van der Waals surface area (Å²) >= 11 is 10.7. The van der Waals surface area contributed by atoms with Crippen LogP contribution in [0.3, 0.4) is 0 Å². The summed E-state index contributed by atoms with van der Waals surface area (Å²) < 4.78 is 50.7. The van der Waals surface area contributed by atoms with Crippen molar-refractivity contribution < 1.29 is 17.6 Å². The summed E-state index contributed by atoms with van der Waals surface area (Å²) in [4.78, 5) is 0. The minimum absolute atomic E-state index is 0.0462. The molecular weight excluding hydrogens is 339 g/mol. The highest BCUT2D eigenvalue weighted by atomic mass is 35.5. The zero-order chi connectivity index (χ0) is 15.3. The van der Waals surface area contributed by atoms with Crippen LogP contribution in [-0.2, 0) is 6.18 Å². The van der Waals surface area contributed by atoms with Gasteiger partial charge in [0.1, 0.15) is 0 Å². The molecule has 2 rings (SSSR count). The lowest BCUT2D eigenvalue weighted by molar-refractivity contribution is -0.138. The van der Waals surface area contributed by atoms with E-state index in [9.17, 15) is 17.6 Å². The minimum atomic E-state index is -4.50. The van der Waals surface area contributed by atoms with Crippen LogP contribution < -0.4 is 0 Å². The van der Waals surface area contributed by atoms with E-state index >= 15 is 0 Å². The molecule has 0 amide bonds. The molecule has 0 N–H and O–H groups in total. The third kappa shape index (κ3) is 2.99. The quantitative estimate of drug-likeness (QED) is 0.547. The normalized spacial score (nSPS) is 13.2. The predicted octanol–water partition coefficient (Wildman–Crippen LogP) is 5.23. The number of fused-ring (bicyclic) bond motifs is 1. The van der Waals surface area contributed by atoms with Crippen molar-refractivity contribution in [3.63, 3.8) is 0 Å². The first-order chi connectivity index (χ1) is 9.00. The fourth-order valence-electron chi connectivity index (χ4n) is 2.13. The third-order valence-corrected chi connectivity index (χ3v) is 3.81. The summed E-state index contributed by atoms with van der Waals surface area (Å²) in [5, 5.41) is 4.27. The van der Waals surface area contributed by atoms with Crippen LogP contribution in [0.4, 0.5) is 17.6 Å². The van der Waals surface area contributed by atoms with Gasteiger partial charge in [0.2, 0.25) is 0 Å². The first-order valence-corrected chi connectivity index (χ1v) is 6.85. The maximum absolute atomic E-state index is 13.2. The van der Waals surface area contributed by atoms with E-state index in [1.54, 1.807) is 0 Å². The Labute approximate surface area is 126 Å². The van der Waals surface area contributed by atoms with E-state index in [0.717, 1.165) is 4.09 Å². The Morgan fingerprint density at radius 2 is 1.80 bits per heavy atom. The molecule has 0 bridgehead atoms. The van der Waals surface area contributed by atoms with Crippen LogP contribution in [0.15, 0.2) is 12.3 Å². The second kappa shape index (κ2) is 4.96. The molecular formula is C11H8Cl2F4N2S. The molecule has 0 fully saturated rings. The Balaban J connectivity index is 2.72. The highest BCUT2D eigenvalue weighted by Gasteiger charge is 2.36. The second-order valence-corrected chi connectivity index (χ2v) is 6.96. The van der Waals surface area contributed by atoms with Gasteiger partial charge in [-0.3, -0.25) is 0 Å². The number of hydrogen-bond acceptors (Lipinski definition) is 2.